The molecule has 3 rings (SSSR count). The van der Waals surface area contributed by atoms with Gasteiger partial charge in [-0.2, -0.15) is 0 Å². The highest BCUT2D eigenvalue weighted by molar-refractivity contribution is 7.88. The first-order valence-electron chi connectivity index (χ1n) is 10.1. The third-order valence-corrected chi connectivity index (χ3v) is 7.15. The van der Waals surface area contributed by atoms with Gasteiger partial charge in [0.1, 0.15) is 0 Å². The predicted molar refractivity (Wildman–Crippen MR) is 111 cm³/mol. The van der Waals surface area contributed by atoms with Crippen LogP contribution in [0.25, 0.3) is 0 Å². The van der Waals surface area contributed by atoms with Crippen molar-refractivity contribution in [1.29, 1.82) is 0 Å². The van der Waals surface area contributed by atoms with Crippen LogP contribution in [0.1, 0.15) is 44.2 Å². The summed E-state index contributed by atoms with van der Waals surface area (Å²) in [5.41, 5.74) is 1.32. The van der Waals surface area contributed by atoms with E-state index >= 15 is 0 Å². The quantitative estimate of drug-likeness (QED) is 0.780. The van der Waals surface area contributed by atoms with Gasteiger partial charge in [0.25, 0.3) is 0 Å². The molecule has 0 aliphatic carbocycles. The highest BCUT2D eigenvalue weighted by Crippen LogP contribution is 2.24. The molecular weight excluding hydrogens is 376 g/mol. The summed E-state index contributed by atoms with van der Waals surface area (Å²) < 4.78 is 24.9. The molecule has 2 saturated heterocycles. The second kappa shape index (κ2) is 9.24. The van der Waals surface area contributed by atoms with Crippen LogP contribution in [0.5, 0.6) is 0 Å². The van der Waals surface area contributed by atoms with Gasteiger partial charge >= 0.3 is 6.03 Å². The Balaban J connectivity index is 1.42. The van der Waals surface area contributed by atoms with Gasteiger partial charge in [-0.3, -0.25) is 4.90 Å². The SMILES string of the molecule is CC(c1ccccc1)N1CCC(NC(=O)NC2CCCN(S(C)(=O)=O)C2)CC1. The third kappa shape index (κ3) is 5.68. The largest absolute Gasteiger partial charge is 0.335 e. The second-order valence-electron chi connectivity index (χ2n) is 7.97. The van der Waals surface area contributed by atoms with E-state index in [1.807, 2.05) is 6.07 Å². The minimum atomic E-state index is -3.20. The average molecular weight is 409 g/mol. The van der Waals surface area contributed by atoms with Gasteiger partial charge in [0.2, 0.25) is 10.0 Å². The standard InChI is InChI=1S/C20H32N4O3S/c1-16(17-7-4-3-5-8-17)23-13-10-18(11-14-23)21-20(25)22-19-9-6-12-24(15-19)28(2,26)27/h3-5,7-8,16,18-19H,6,9-15H2,1-2H3,(H2,21,22,25). The third-order valence-electron chi connectivity index (χ3n) is 5.88. The van der Waals surface area contributed by atoms with E-state index < -0.39 is 10.0 Å². The number of sulfonamides is 1. The summed E-state index contributed by atoms with van der Waals surface area (Å²) >= 11 is 0. The Morgan fingerprint density at radius 2 is 1.68 bits per heavy atom. The molecule has 0 radical (unpaired) electrons. The first-order chi connectivity index (χ1) is 13.3. The van der Waals surface area contributed by atoms with Gasteiger partial charge in [-0.15, -0.1) is 0 Å². The number of rotatable bonds is 5. The fraction of sp³-hybridized carbons (Fsp3) is 0.650. The van der Waals surface area contributed by atoms with Gasteiger partial charge < -0.3 is 10.6 Å². The van der Waals surface area contributed by atoms with Gasteiger partial charge in [-0.1, -0.05) is 30.3 Å². The number of nitrogens with zero attached hydrogens (tertiary/aromatic N) is 2. The monoisotopic (exact) mass is 408 g/mol. The van der Waals surface area contributed by atoms with Crippen molar-refractivity contribution in [2.45, 2.75) is 50.7 Å². The van der Waals surface area contributed by atoms with Gasteiger partial charge in [0.05, 0.1) is 6.26 Å². The van der Waals surface area contributed by atoms with Crippen molar-refractivity contribution >= 4 is 16.1 Å². The molecule has 0 spiro atoms. The number of carbonyl (C=O) groups is 1. The number of urea groups is 1. The zero-order valence-corrected chi connectivity index (χ0v) is 17.6. The van der Waals surface area contributed by atoms with Gasteiger partial charge in [0, 0.05) is 44.3 Å². The van der Waals surface area contributed by atoms with E-state index in [1.54, 1.807) is 0 Å². The number of hydrogen-bond acceptors (Lipinski definition) is 4. The van der Waals surface area contributed by atoms with E-state index in [0.29, 0.717) is 19.1 Å². The van der Waals surface area contributed by atoms with Crippen LogP contribution in [-0.2, 0) is 10.0 Å². The molecule has 2 unspecified atom stereocenters. The molecule has 2 fully saturated rings. The molecule has 1 aromatic rings. The van der Waals surface area contributed by atoms with E-state index in [2.05, 4.69) is 46.7 Å². The first-order valence-corrected chi connectivity index (χ1v) is 12.0. The molecule has 0 bridgehead atoms. The summed E-state index contributed by atoms with van der Waals surface area (Å²) in [5, 5.41) is 6.03. The topological polar surface area (TPSA) is 81.8 Å². The van der Waals surface area contributed by atoms with Crippen LogP contribution in [-0.4, -0.2) is 68.2 Å². The molecular formula is C20H32N4O3S. The highest BCUT2D eigenvalue weighted by atomic mass is 32.2. The van der Waals surface area contributed by atoms with E-state index in [-0.39, 0.29) is 18.1 Å². The molecule has 2 N–H and O–H groups in total. The fourth-order valence-corrected chi connectivity index (χ4v) is 5.06. The maximum absolute atomic E-state index is 12.4. The van der Waals surface area contributed by atoms with Crippen molar-refractivity contribution in [1.82, 2.24) is 19.8 Å². The second-order valence-corrected chi connectivity index (χ2v) is 9.96. The Hall–Kier alpha value is -1.64. The normalized spacial score (nSPS) is 23.9. The molecule has 156 valence electrons. The maximum atomic E-state index is 12.4. The number of likely N-dealkylation sites (tertiary alicyclic amines) is 1. The summed E-state index contributed by atoms with van der Waals surface area (Å²) in [7, 11) is -3.20. The lowest BCUT2D eigenvalue weighted by molar-refractivity contribution is 0.152. The van der Waals surface area contributed by atoms with Crippen molar-refractivity contribution in [3.05, 3.63) is 35.9 Å². The molecule has 8 heteroatoms. The molecule has 28 heavy (non-hydrogen) atoms. The van der Waals surface area contributed by atoms with Crippen molar-refractivity contribution in [3.8, 4) is 0 Å². The molecule has 0 aromatic heterocycles. The number of piperidine rings is 2. The summed E-state index contributed by atoms with van der Waals surface area (Å²) in [6.07, 6.45) is 4.65. The number of carbonyl (C=O) groups excluding carboxylic acids is 1. The van der Waals surface area contributed by atoms with E-state index in [1.165, 1.54) is 16.1 Å². The molecule has 2 heterocycles. The smallest absolute Gasteiger partial charge is 0.315 e. The summed E-state index contributed by atoms with van der Waals surface area (Å²) in [6, 6.07) is 10.7. The Labute approximate surface area is 168 Å². The van der Waals surface area contributed by atoms with Crippen LogP contribution in [0.2, 0.25) is 0 Å². The number of benzene rings is 1. The van der Waals surface area contributed by atoms with Gasteiger partial charge in [0.15, 0.2) is 0 Å². The maximum Gasteiger partial charge on any atom is 0.315 e. The summed E-state index contributed by atoms with van der Waals surface area (Å²) in [4.78, 5) is 14.8. The van der Waals surface area contributed by atoms with Crippen molar-refractivity contribution < 1.29 is 13.2 Å². The lowest BCUT2D eigenvalue weighted by atomic mass is 10.0. The minimum Gasteiger partial charge on any atom is -0.335 e. The summed E-state index contributed by atoms with van der Waals surface area (Å²) in [6.45, 7) is 5.03. The van der Waals surface area contributed by atoms with Crippen LogP contribution in [0.3, 0.4) is 0 Å². The van der Waals surface area contributed by atoms with E-state index in [9.17, 15) is 13.2 Å². The van der Waals surface area contributed by atoms with Gasteiger partial charge in [-0.05, 0) is 38.2 Å². The van der Waals surface area contributed by atoms with Crippen molar-refractivity contribution in [3.63, 3.8) is 0 Å². The molecule has 2 aliphatic heterocycles. The molecule has 7 nitrogen and oxygen atoms in total. The molecule has 2 aliphatic rings. The number of nitrogens with one attached hydrogen (secondary N) is 2. The van der Waals surface area contributed by atoms with Crippen molar-refractivity contribution in [2.75, 3.05) is 32.4 Å². The van der Waals surface area contributed by atoms with E-state index in [0.717, 1.165) is 38.8 Å². The number of amides is 2. The molecule has 2 atom stereocenters. The Morgan fingerprint density at radius 3 is 2.32 bits per heavy atom. The zero-order chi connectivity index (χ0) is 20.1. The summed E-state index contributed by atoms with van der Waals surface area (Å²) in [5.74, 6) is 0. The van der Waals surface area contributed by atoms with Gasteiger partial charge in [-0.25, -0.2) is 17.5 Å². The van der Waals surface area contributed by atoms with E-state index in [4.69, 9.17) is 0 Å². The van der Waals surface area contributed by atoms with Crippen LogP contribution in [0.15, 0.2) is 30.3 Å². The fourth-order valence-electron chi connectivity index (χ4n) is 4.15. The molecule has 2 amide bonds. The van der Waals surface area contributed by atoms with Crippen LogP contribution in [0.4, 0.5) is 4.79 Å². The minimum absolute atomic E-state index is 0.123. The molecule has 1 aromatic carbocycles. The Morgan fingerprint density at radius 1 is 1.04 bits per heavy atom. The predicted octanol–water partition coefficient (Wildman–Crippen LogP) is 1.94. The lowest BCUT2D eigenvalue weighted by Crippen LogP contribution is -2.54. The first kappa shape index (κ1) is 21.1. The van der Waals surface area contributed by atoms with Crippen LogP contribution >= 0.6 is 0 Å². The zero-order valence-electron chi connectivity index (χ0n) is 16.8. The lowest BCUT2D eigenvalue weighted by Gasteiger charge is -2.37. The molecule has 0 saturated carbocycles. The van der Waals surface area contributed by atoms with Crippen molar-refractivity contribution in [2.24, 2.45) is 0 Å². The van der Waals surface area contributed by atoms with Crippen LogP contribution < -0.4 is 10.6 Å². The Bertz CT molecular complexity index is 748. The van der Waals surface area contributed by atoms with Crippen LogP contribution in [0, 0.1) is 0 Å². The average Bonchev–Trinajstić information content (AvgIpc) is 2.68. The Kier molecular flexibility index (Phi) is 6.95. The number of hydrogen-bond donors (Lipinski definition) is 2. The highest BCUT2D eigenvalue weighted by Gasteiger charge is 2.28.